The van der Waals surface area contributed by atoms with E-state index < -0.39 is 0 Å². The second-order valence-corrected chi connectivity index (χ2v) is 2.15. The van der Waals surface area contributed by atoms with Crippen molar-refractivity contribution in [3.05, 3.63) is 42.9 Å². The minimum Gasteiger partial charge on any atom is -0.464 e. The summed E-state index contributed by atoms with van der Waals surface area (Å²) in [5.41, 5.74) is 0.980. The van der Waals surface area contributed by atoms with Gasteiger partial charge >= 0.3 is 0 Å². The van der Waals surface area contributed by atoms with Crippen LogP contribution in [0.5, 0.6) is 0 Å². The molecule has 0 saturated heterocycles. The van der Waals surface area contributed by atoms with Gasteiger partial charge in [0.25, 0.3) is 0 Å². The molecule has 2 aromatic rings. The molecule has 0 amide bonds. The number of rotatable bonds is 1. The highest BCUT2D eigenvalue weighted by molar-refractivity contribution is 5.54. The molecule has 2 heterocycles. The van der Waals surface area contributed by atoms with Gasteiger partial charge in [0, 0.05) is 11.8 Å². The van der Waals surface area contributed by atoms with Crippen molar-refractivity contribution in [1.82, 2.24) is 4.98 Å². The predicted octanol–water partition coefficient (Wildman–Crippen LogP) is 2.14. The Morgan fingerprint density at radius 2 is 2.36 bits per heavy atom. The fraction of sp³-hybridized carbons (Fsp3) is 0. The molecule has 2 heteroatoms. The molecule has 2 aromatic heterocycles. The van der Waals surface area contributed by atoms with E-state index in [0.717, 1.165) is 11.3 Å². The Hall–Kier alpha value is -1.57. The van der Waals surface area contributed by atoms with Crippen molar-refractivity contribution in [1.29, 1.82) is 0 Å². The summed E-state index contributed by atoms with van der Waals surface area (Å²) in [6.45, 7) is 0. The van der Waals surface area contributed by atoms with Crippen molar-refractivity contribution >= 4 is 0 Å². The zero-order chi connectivity index (χ0) is 7.52. The Morgan fingerprint density at radius 1 is 1.36 bits per heavy atom. The van der Waals surface area contributed by atoms with Gasteiger partial charge < -0.3 is 4.42 Å². The molecule has 0 aliphatic carbocycles. The summed E-state index contributed by atoms with van der Waals surface area (Å²) in [6, 6.07) is 7.42. The molecule has 2 nitrogen and oxygen atoms in total. The van der Waals surface area contributed by atoms with Crippen LogP contribution in [0, 0.1) is 6.20 Å². The van der Waals surface area contributed by atoms with Crippen LogP contribution in [0.15, 0.2) is 41.1 Å². The van der Waals surface area contributed by atoms with Gasteiger partial charge in [0.15, 0.2) is 0 Å². The molecule has 0 aliphatic heterocycles. The molecule has 0 atom stereocenters. The average molecular weight is 144 g/mol. The molecule has 0 aromatic carbocycles. The first-order valence-electron chi connectivity index (χ1n) is 3.33. The van der Waals surface area contributed by atoms with Crippen LogP contribution in [-0.4, -0.2) is 4.98 Å². The largest absolute Gasteiger partial charge is 0.464 e. The normalized spacial score (nSPS) is 9.82. The lowest BCUT2D eigenvalue weighted by molar-refractivity contribution is 0.582. The summed E-state index contributed by atoms with van der Waals surface area (Å²) >= 11 is 0. The molecule has 0 spiro atoms. The van der Waals surface area contributed by atoms with Gasteiger partial charge in [0.1, 0.15) is 5.76 Å². The smallest absolute Gasteiger partial charge is 0.135 e. The third-order valence-electron chi connectivity index (χ3n) is 1.42. The molecule has 0 saturated carbocycles. The molecule has 0 fully saturated rings. The molecule has 0 N–H and O–H groups in total. The Labute approximate surface area is 64.5 Å². The molecule has 2 rings (SSSR count). The number of aromatic nitrogens is 1. The van der Waals surface area contributed by atoms with Crippen molar-refractivity contribution in [2.45, 2.75) is 0 Å². The number of furan rings is 1. The fourth-order valence-electron chi connectivity index (χ4n) is 0.908. The molecular formula is C9H6NO. The topological polar surface area (TPSA) is 26.0 Å². The standard InChI is InChI=1S/C9H6NO/c1-3-8(7-10-5-1)9-4-2-6-11-9/h1-4,6-7H. The van der Waals surface area contributed by atoms with E-state index in [1.165, 1.54) is 0 Å². The highest BCUT2D eigenvalue weighted by Gasteiger charge is 1.96. The first-order valence-corrected chi connectivity index (χ1v) is 3.33. The van der Waals surface area contributed by atoms with Crippen molar-refractivity contribution in [3.8, 4) is 11.3 Å². The van der Waals surface area contributed by atoms with Crippen LogP contribution >= 0.6 is 0 Å². The Bertz CT molecular complexity index is 313. The summed E-state index contributed by atoms with van der Waals surface area (Å²) in [4.78, 5) is 3.86. The van der Waals surface area contributed by atoms with E-state index in [1.807, 2.05) is 18.2 Å². The fourth-order valence-corrected chi connectivity index (χ4v) is 0.908. The maximum absolute atomic E-state index is 5.17. The first kappa shape index (κ1) is 6.16. The summed E-state index contributed by atoms with van der Waals surface area (Å²) in [5.74, 6) is 0.839. The maximum atomic E-state index is 5.17. The van der Waals surface area contributed by atoms with Crippen molar-refractivity contribution in [2.75, 3.05) is 0 Å². The van der Waals surface area contributed by atoms with E-state index in [0.29, 0.717) is 0 Å². The SMILES string of the molecule is [c]1ccc(-c2ccco2)cn1. The molecule has 1 radical (unpaired) electrons. The van der Waals surface area contributed by atoms with Gasteiger partial charge in [-0.2, -0.15) is 0 Å². The summed E-state index contributed by atoms with van der Waals surface area (Å²) in [7, 11) is 0. The van der Waals surface area contributed by atoms with Crippen LogP contribution in [0.4, 0.5) is 0 Å². The third-order valence-corrected chi connectivity index (χ3v) is 1.42. The zero-order valence-electron chi connectivity index (χ0n) is 5.82. The second kappa shape index (κ2) is 2.58. The lowest BCUT2D eigenvalue weighted by Gasteiger charge is -1.91. The van der Waals surface area contributed by atoms with Gasteiger partial charge in [-0.15, -0.1) is 0 Å². The van der Waals surface area contributed by atoms with Crippen LogP contribution in [0.2, 0.25) is 0 Å². The van der Waals surface area contributed by atoms with Crippen LogP contribution in [0.25, 0.3) is 11.3 Å². The highest BCUT2D eigenvalue weighted by Crippen LogP contribution is 2.16. The number of nitrogens with zero attached hydrogens (tertiary/aromatic N) is 1. The van der Waals surface area contributed by atoms with Crippen molar-refractivity contribution < 1.29 is 4.42 Å². The van der Waals surface area contributed by atoms with E-state index in [4.69, 9.17) is 4.42 Å². The summed E-state index contributed by atoms with van der Waals surface area (Å²) in [5, 5.41) is 0. The van der Waals surface area contributed by atoms with Crippen LogP contribution < -0.4 is 0 Å². The van der Waals surface area contributed by atoms with Gasteiger partial charge in [-0.25, -0.2) is 0 Å². The van der Waals surface area contributed by atoms with E-state index in [-0.39, 0.29) is 0 Å². The van der Waals surface area contributed by atoms with E-state index in [2.05, 4.69) is 11.2 Å². The molecule has 53 valence electrons. The predicted molar refractivity (Wildman–Crippen MR) is 40.8 cm³/mol. The van der Waals surface area contributed by atoms with Gasteiger partial charge in [-0.1, -0.05) is 0 Å². The maximum Gasteiger partial charge on any atom is 0.135 e. The quantitative estimate of drug-likeness (QED) is 0.612. The third kappa shape index (κ3) is 1.15. The molecule has 0 unspecified atom stereocenters. The van der Waals surface area contributed by atoms with Crippen LogP contribution in [-0.2, 0) is 0 Å². The molecule has 11 heavy (non-hydrogen) atoms. The van der Waals surface area contributed by atoms with Gasteiger partial charge in [-0.3, -0.25) is 4.98 Å². The van der Waals surface area contributed by atoms with Crippen LogP contribution in [0.1, 0.15) is 0 Å². The minimum atomic E-state index is 0.839. The molecular weight excluding hydrogens is 138 g/mol. The summed E-state index contributed by atoms with van der Waals surface area (Å²) in [6.07, 6.45) is 6.07. The van der Waals surface area contributed by atoms with Gasteiger partial charge in [0.2, 0.25) is 0 Å². The molecule has 0 bridgehead atoms. The van der Waals surface area contributed by atoms with Crippen molar-refractivity contribution in [2.24, 2.45) is 0 Å². The van der Waals surface area contributed by atoms with Crippen LogP contribution in [0.3, 0.4) is 0 Å². The number of pyridine rings is 1. The van der Waals surface area contributed by atoms with E-state index in [1.54, 1.807) is 18.5 Å². The van der Waals surface area contributed by atoms with Crippen molar-refractivity contribution in [3.63, 3.8) is 0 Å². The summed E-state index contributed by atoms with van der Waals surface area (Å²) < 4.78 is 5.17. The number of hydrogen-bond acceptors (Lipinski definition) is 2. The van der Waals surface area contributed by atoms with Gasteiger partial charge in [-0.05, 0) is 24.3 Å². The second-order valence-electron chi connectivity index (χ2n) is 2.15. The zero-order valence-corrected chi connectivity index (χ0v) is 5.82. The lowest BCUT2D eigenvalue weighted by Crippen LogP contribution is -1.74. The Morgan fingerprint density at radius 3 is 3.00 bits per heavy atom. The first-order chi connectivity index (χ1) is 5.47. The Kier molecular flexibility index (Phi) is 1.44. The minimum absolute atomic E-state index is 0.839. The van der Waals surface area contributed by atoms with E-state index in [9.17, 15) is 0 Å². The van der Waals surface area contributed by atoms with Gasteiger partial charge in [0.05, 0.1) is 12.5 Å². The average Bonchev–Trinajstić information content (AvgIpc) is 2.58. The molecule has 0 aliphatic rings. The Balaban J connectivity index is 2.46. The lowest BCUT2D eigenvalue weighted by atomic mass is 10.2. The van der Waals surface area contributed by atoms with E-state index >= 15 is 0 Å². The monoisotopic (exact) mass is 144 g/mol. The highest BCUT2D eigenvalue weighted by atomic mass is 16.3. The number of hydrogen-bond donors (Lipinski definition) is 0.